The number of hydrogen-bond acceptors (Lipinski definition) is 5. The predicted octanol–water partition coefficient (Wildman–Crippen LogP) is 1.09. The molecule has 27 heavy (non-hydrogen) atoms. The molecule has 2 amide bonds. The molecule has 3 heterocycles. The van der Waals surface area contributed by atoms with E-state index >= 15 is 0 Å². The minimum Gasteiger partial charge on any atom is -0.481 e. The van der Waals surface area contributed by atoms with Gasteiger partial charge in [0.2, 0.25) is 11.8 Å². The number of piperazine rings is 1. The number of hydrogen-bond donors (Lipinski definition) is 1. The number of aromatic nitrogens is 1. The Bertz CT molecular complexity index is 845. The molecule has 1 saturated heterocycles. The monoisotopic (exact) mass is 366 g/mol. The van der Waals surface area contributed by atoms with Gasteiger partial charge in [0.05, 0.1) is 19.0 Å². The Labute approximate surface area is 157 Å². The standard InChI is InChI=1S/C20H22N4O3/c1-27-18-7-6-15(13-21-18)23-8-10-24(11-9-23)20(26)17-12-14-4-2-3-5-16(14)19(25)22-17/h2-7,13,17H,8-12H2,1H3,(H,22,25). The lowest BCUT2D eigenvalue weighted by molar-refractivity contribution is -0.133. The average Bonchev–Trinajstić information content (AvgIpc) is 2.73. The highest BCUT2D eigenvalue weighted by atomic mass is 16.5. The number of fused-ring (bicyclic) bond motifs is 1. The van der Waals surface area contributed by atoms with Crippen LogP contribution in [0.15, 0.2) is 42.6 Å². The number of amides is 2. The van der Waals surface area contributed by atoms with E-state index in [1.165, 1.54) is 0 Å². The summed E-state index contributed by atoms with van der Waals surface area (Å²) in [5, 5.41) is 2.86. The average molecular weight is 366 g/mol. The van der Waals surface area contributed by atoms with E-state index in [0.717, 1.165) is 24.3 Å². The van der Waals surface area contributed by atoms with Crippen molar-refractivity contribution < 1.29 is 14.3 Å². The Hall–Kier alpha value is -3.09. The zero-order valence-corrected chi connectivity index (χ0v) is 15.2. The normalized spacial score (nSPS) is 19.3. The zero-order valence-electron chi connectivity index (χ0n) is 15.2. The lowest BCUT2D eigenvalue weighted by Gasteiger charge is -2.38. The third-order valence-electron chi connectivity index (χ3n) is 5.18. The number of rotatable bonds is 3. The summed E-state index contributed by atoms with van der Waals surface area (Å²) in [7, 11) is 1.59. The van der Waals surface area contributed by atoms with Crippen LogP contribution in [0.1, 0.15) is 15.9 Å². The van der Waals surface area contributed by atoms with Crippen LogP contribution in [-0.4, -0.2) is 61.0 Å². The van der Waals surface area contributed by atoms with Crippen molar-refractivity contribution >= 4 is 17.5 Å². The van der Waals surface area contributed by atoms with Gasteiger partial charge in [0.15, 0.2) is 0 Å². The summed E-state index contributed by atoms with van der Waals surface area (Å²) >= 11 is 0. The molecule has 1 N–H and O–H groups in total. The van der Waals surface area contributed by atoms with Gasteiger partial charge in [-0.15, -0.1) is 0 Å². The van der Waals surface area contributed by atoms with Crippen molar-refractivity contribution in [1.82, 2.24) is 15.2 Å². The second kappa shape index (κ2) is 7.26. The van der Waals surface area contributed by atoms with E-state index in [9.17, 15) is 9.59 Å². The Morgan fingerprint density at radius 1 is 1.15 bits per heavy atom. The van der Waals surface area contributed by atoms with Crippen molar-refractivity contribution in [2.75, 3.05) is 38.2 Å². The maximum atomic E-state index is 12.9. The lowest BCUT2D eigenvalue weighted by Crippen LogP contribution is -2.56. The van der Waals surface area contributed by atoms with Gasteiger partial charge in [-0.05, 0) is 17.7 Å². The molecular weight excluding hydrogens is 344 g/mol. The topological polar surface area (TPSA) is 74.8 Å². The van der Waals surface area contributed by atoms with Gasteiger partial charge in [-0.2, -0.15) is 0 Å². The van der Waals surface area contributed by atoms with Crippen LogP contribution in [0.25, 0.3) is 0 Å². The number of carbonyl (C=O) groups is 2. The van der Waals surface area contributed by atoms with Crippen LogP contribution in [0.4, 0.5) is 5.69 Å². The van der Waals surface area contributed by atoms with Crippen LogP contribution < -0.4 is 15.0 Å². The number of nitrogens with zero attached hydrogens (tertiary/aromatic N) is 3. The maximum Gasteiger partial charge on any atom is 0.252 e. The van der Waals surface area contributed by atoms with Gasteiger partial charge in [0, 0.05) is 44.2 Å². The summed E-state index contributed by atoms with van der Waals surface area (Å²) in [5.74, 6) is 0.407. The molecule has 0 spiro atoms. The third-order valence-corrected chi connectivity index (χ3v) is 5.18. The van der Waals surface area contributed by atoms with Crippen LogP contribution in [-0.2, 0) is 11.2 Å². The highest BCUT2D eigenvalue weighted by Gasteiger charge is 2.33. The van der Waals surface area contributed by atoms with E-state index in [-0.39, 0.29) is 11.8 Å². The number of nitrogens with one attached hydrogen (secondary N) is 1. The fourth-order valence-corrected chi connectivity index (χ4v) is 3.66. The van der Waals surface area contributed by atoms with Crippen LogP contribution in [0.5, 0.6) is 5.88 Å². The third kappa shape index (κ3) is 3.45. The van der Waals surface area contributed by atoms with Crippen molar-refractivity contribution in [3.63, 3.8) is 0 Å². The molecule has 1 fully saturated rings. The largest absolute Gasteiger partial charge is 0.481 e. The molecule has 0 saturated carbocycles. The van der Waals surface area contributed by atoms with Crippen molar-refractivity contribution in [3.05, 3.63) is 53.7 Å². The van der Waals surface area contributed by atoms with Crippen LogP contribution in [0.3, 0.4) is 0 Å². The predicted molar refractivity (Wildman–Crippen MR) is 101 cm³/mol. The number of benzene rings is 1. The van der Waals surface area contributed by atoms with Crippen LogP contribution in [0, 0.1) is 0 Å². The first-order valence-corrected chi connectivity index (χ1v) is 9.08. The fourth-order valence-electron chi connectivity index (χ4n) is 3.66. The molecule has 0 radical (unpaired) electrons. The Kier molecular flexibility index (Phi) is 4.66. The highest BCUT2D eigenvalue weighted by Crippen LogP contribution is 2.20. The van der Waals surface area contributed by atoms with Gasteiger partial charge in [0.25, 0.3) is 5.91 Å². The summed E-state index contributed by atoms with van der Waals surface area (Å²) in [5.41, 5.74) is 2.61. The fraction of sp³-hybridized carbons (Fsp3) is 0.350. The molecular formula is C20H22N4O3. The zero-order chi connectivity index (χ0) is 18.8. The van der Waals surface area contributed by atoms with Crippen molar-refractivity contribution in [2.45, 2.75) is 12.5 Å². The first-order chi connectivity index (χ1) is 13.2. The molecule has 2 aliphatic heterocycles. The van der Waals surface area contributed by atoms with E-state index in [1.807, 2.05) is 35.2 Å². The molecule has 0 bridgehead atoms. The molecule has 2 aromatic rings. The highest BCUT2D eigenvalue weighted by molar-refractivity contribution is 6.00. The summed E-state index contributed by atoms with van der Waals surface area (Å²) in [4.78, 5) is 33.4. The number of pyridine rings is 1. The van der Waals surface area contributed by atoms with E-state index < -0.39 is 6.04 Å². The molecule has 4 rings (SSSR count). The van der Waals surface area contributed by atoms with Gasteiger partial charge in [0.1, 0.15) is 6.04 Å². The molecule has 1 aromatic heterocycles. The van der Waals surface area contributed by atoms with Gasteiger partial charge in [-0.25, -0.2) is 4.98 Å². The van der Waals surface area contributed by atoms with Crippen molar-refractivity contribution in [1.29, 1.82) is 0 Å². The number of methoxy groups -OCH3 is 1. The van der Waals surface area contributed by atoms with Crippen LogP contribution in [0.2, 0.25) is 0 Å². The molecule has 7 nitrogen and oxygen atoms in total. The Balaban J connectivity index is 1.38. The Morgan fingerprint density at radius 3 is 2.63 bits per heavy atom. The lowest BCUT2D eigenvalue weighted by atomic mass is 9.94. The molecule has 1 unspecified atom stereocenters. The quantitative estimate of drug-likeness (QED) is 0.880. The molecule has 1 aromatic carbocycles. The first-order valence-electron chi connectivity index (χ1n) is 9.08. The van der Waals surface area contributed by atoms with Crippen molar-refractivity contribution in [2.24, 2.45) is 0 Å². The molecule has 1 atom stereocenters. The number of carbonyl (C=O) groups excluding carboxylic acids is 2. The van der Waals surface area contributed by atoms with E-state index in [4.69, 9.17) is 4.74 Å². The maximum absolute atomic E-state index is 12.9. The second-order valence-corrected chi connectivity index (χ2v) is 6.76. The van der Waals surface area contributed by atoms with Gasteiger partial charge in [-0.3, -0.25) is 9.59 Å². The minimum absolute atomic E-state index is 0.00893. The van der Waals surface area contributed by atoms with Crippen LogP contribution >= 0.6 is 0 Å². The minimum atomic E-state index is -0.485. The number of anilines is 1. The summed E-state index contributed by atoms with van der Waals surface area (Å²) < 4.78 is 5.09. The van der Waals surface area contributed by atoms with Gasteiger partial charge >= 0.3 is 0 Å². The molecule has 0 aliphatic carbocycles. The van der Waals surface area contributed by atoms with Gasteiger partial charge < -0.3 is 19.9 Å². The second-order valence-electron chi connectivity index (χ2n) is 6.76. The van der Waals surface area contributed by atoms with E-state index in [1.54, 1.807) is 19.4 Å². The summed E-state index contributed by atoms with van der Waals surface area (Å²) in [6.07, 6.45) is 2.33. The number of ether oxygens (including phenoxy) is 1. The van der Waals surface area contributed by atoms with E-state index in [2.05, 4.69) is 15.2 Å². The summed E-state index contributed by atoms with van der Waals surface area (Å²) in [6, 6.07) is 10.8. The Morgan fingerprint density at radius 2 is 1.93 bits per heavy atom. The SMILES string of the molecule is COc1ccc(N2CCN(C(=O)C3Cc4ccccc4C(=O)N3)CC2)cn1. The van der Waals surface area contributed by atoms with E-state index in [0.29, 0.717) is 31.0 Å². The van der Waals surface area contributed by atoms with Crippen molar-refractivity contribution in [3.8, 4) is 5.88 Å². The molecule has 7 heteroatoms. The first kappa shape index (κ1) is 17.3. The summed E-state index contributed by atoms with van der Waals surface area (Å²) in [6.45, 7) is 2.71. The smallest absolute Gasteiger partial charge is 0.252 e. The molecule has 140 valence electrons. The molecule has 2 aliphatic rings. The van der Waals surface area contributed by atoms with Gasteiger partial charge in [-0.1, -0.05) is 18.2 Å².